The van der Waals surface area contributed by atoms with Crippen LogP contribution in [-0.4, -0.2) is 17.8 Å². The van der Waals surface area contributed by atoms with E-state index in [0.717, 1.165) is 19.3 Å². The fourth-order valence-corrected chi connectivity index (χ4v) is 0.646. The zero-order valence-electron chi connectivity index (χ0n) is 6.19. The Morgan fingerprint density at radius 1 is 1.70 bits per heavy atom. The van der Waals surface area contributed by atoms with Crippen LogP contribution in [0.5, 0.6) is 0 Å². The van der Waals surface area contributed by atoms with Crippen molar-refractivity contribution in [3.05, 3.63) is 10.4 Å². The average Bonchev–Trinajstić information content (AvgIpc) is 1.98. The average molecular weight is 143 g/mol. The summed E-state index contributed by atoms with van der Waals surface area (Å²) in [7, 11) is 0. The molecule has 1 N–H and O–H groups in total. The fourth-order valence-electron chi connectivity index (χ4n) is 0.646. The normalized spacial score (nSPS) is 12.2. The lowest BCUT2D eigenvalue weighted by Gasteiger charge is -2.03. The van der Waals surface area contributed by atoms with Crippen molar-refractivity contribution in [1.29, 1.82) is 0 Å². The van der Waals surface area contributed by atoms with E-state index < -0.39 is 0 Å². The van der Waals surface area contributed by atoms with E-state index >= 15 is 0 Å². The van der Waals surface area contributed by atoms with E-state index in [2.05, 4.69) is 10.0 Å². The maximum Gasteiger partial charge on any atom is 0.0537 e. The van der Waals surface area contributed by atoms with Gasteiger partial charge in [-0.05, 0) is 24.8 Å². The highest BCUT2D eigenvalue weighted by Gasteiger charge is 1.97. The summed E-state index contributed by atoms with van der Waals surface area (Å²) < 4.78 is 0. The van der Waals surface area contributed by atoms with Gasteiger partial charge in [0.25, 0.3) is 0 Å². The highest BCUT2D eigenvalue weighted by Crippen LogP contribution is 2.00. The van der Waals surface area contributed by atoms with Gasteiger partial charge >= 0.3 is 0 Å². The fraction of sp³-hybridized carbons (Fsp3) is 1.00. The Bertz CT molecular complexity index is 120. The van der Waals surface area contributed by atoms with Crippen molar-refractivity contribution in [1.82, 2.24) is 0 Å². The van der Waals surface area contributed by atoms with Gasteiger partial charge in [-0.25, -0.2) is 0 Å². The Kier molecular flexibility index (Phi) is 5.92. The summed E-state index contributed by atoms with van der Waals surface area (Å²) in [6, 6.07) is 0. The van der Waals surface area contributed by atoms with Crippen molar-refractivity contribution < 1.29 is 5.11 Å². The van der Waals surface area contributed by atoms with Crippen LogP contribution < -0.4 is 0 Å². The molecular weight excluding hydrogens is 130 g/mol. The largest absolute Gasteiger partial charge is 0.393 e. The SMILES string of the molecule is CCC(O)CCCN=[N+]=[N-]. The molecule has 0 heterocycles. The molecule has 0 aliphatic rings. The first-order chi connectivity index (χ1) is 4.81. The summed E-state index contributed by atoms with van der Waals surface area (Å²) >= 11 is 0. The molecule has 4 heteroatoms. The summed E-state index contributed by atoms with van der Waals surface area (Å²) in [6.45, 7) is 2.42. The topological polar surface area (TPSA) is 69.0 Å². The van der Waals surface area contributed by atoms with Gasteiger partial charge in [-0.15, -0.1) is 0 Å². The minimum Gasteiger partial charge on any atom is -0.393 e. The van der Waals surface area contributed by atoms with Gasteiger partial charge in [-0.2, -0.15) is 0 Å². The summed E-state index contributed by atoms with van der Waals surface area (Å²) in [4.78, 5) is 2.60. The Morgan fingerprint density at radius 2 is 2.40 bits per heavy atom. The van der Waals surface area contributed by atoms with Gasteiger partial charge in [0.15, 0.2) is 0 Å². The summed E-state index contributed by atoms with van der Waals surface area (Å²) in [5.74, 6) is 0. The minimum atomic E-state index is -0.228. The van der Waals surface area contributed by atoms with E-state index in [4.69, 9.17) is 10.6 Å². The Hall–Kier alpha value is -0.730. The van der Waals surface area contributed by atoms with Crippen LogP contribution in [0.25, 0.3) is 10.4 Å². The van der Waals surface area contributed by atoms with Crippen LogP contribution >= 0.6 is 0 Å². The molecule has 0 amide bonds. The molecule has 58 valence electrons. The second kappa shape index (κ2) is 6.39. The number of hydrogen-bond donors (Lipinski definition) is 1. The summed E-state index contributed by atoms with van der Waals surface area (Å²) in [5.41, 5.74) is 7.88. The zero-order valence-corrected chi connectivity index (χ0v) is 6.19. The van der Waals surface area contributed by atoms with Crippen LogP contribution in [0.15, 0.2) is 5.11 Å². The Labute approximate surface area is 60.5 Å². The number of aliphatic hydroxyl groups excluding tert-OH is 1. The van der Waals surface area contributed by atoms with Crippen molar-refractivity contribution >= 4 is 0 Å². The smallest absolute Gasteiger partial charge is 0.0537 e. The molecule has 0 aromatic heterocycles. The first kappa shape index (κ1) is 9.27. The number of azide groups is 1. The molecule has 1 unspecified atom stereocenters. The van der Waals surface area contributed by atoms with E-state index in [0.29, 0.717) is 6.54 Å². The van der Waals surface area contributed by atoms with Gasteiger partial charge in [0.1, 0.15) is 0 Å². The van der Waals surface area contributed by atoms with Gasteiger partial charge in [0.05, 0.1) is 6.10 Å². The standard InChI is InChI=1S/C6H13N3O/c1-2-6(10)4-3-5-8-9-7/h6,10H,2-5H2,1H3. The van der Waals surface area contributed by atoms with Gasteiger partial charge < -0.3 is 5.11 Å². The molecule has 0 rings (SSSR count). The van der Waals surface area contributed by atoms with Crippen LogP contribution in [0.4, 0.5) is 0 Å². The molecule has 4 nitrogen and oxygen atoms in total. The predicted molar refractivity (Wildman–Crippen MR) is 39.5 cm³/mol. The summed E-state index contributed by atoms with van der Waals surface area (Å²) in [6.07, 6.45) is 2.05. The minimum absolute atomic E-state index is 0.228. The molecule has 0 radical (unpaired) electrons. The van der Waals surface area contributed by atoms with E-state index in [1.165, 1.54) is 0 Å². The zero-order chi connectivity index (χ0) is 7.82. The lowest BCUT2D eigenvalue weighted by molar-refractivity contribution is 0.158. The molecule has 10 heavy (non-hydrogen) atoms. The van der Waals surface area contributed by atoms with Crippen molar-refractivity contribution in [3.63, 3.8) is 0 Å². The molecule has 0 saturated carbocycles. The number of hydrogen-bond acceptors (Lipinski definition) is 2. The van der Waals surface area contributed by atoms with Gasteiger partial charge in [-0.3, -0.25) is 0 Å². The van der Waals surface area contributed by atoms with E-state index in [-0.39, 0.29) is 6.10 Å². The molecule has 0 aromatic rings. The van der Waals surface area contributed by atoms with E-state index in [1.54, 1.807) is 0 Å². The number of aliphatic hydroxyl groups is 1. The van der Waals surface area contributed by atoms with E-state index in [1.807, 2.05) is 6.92 Å². The lowest BCUT2D eigenvalue weighted by atomic mass is 10.1. The van der Waals surface area contributed by atoms with E-state index in [9.17, 15) is 0 Å². The third-order valence-corrected chi connectivity index (χ3v) is 1.33. The summed E-state index contributed by atoms with van der Waals surface area (Å²) in [5, 5.41) is 12.4. The van der Waals surface area contributed by atoms with Crippen molar-refractivity contribution in [2.24, 2.45) is 5.11 Å². The van der Waals surface area contributed by atoms with Crippen LogP contribution in [-0.2, 0) is 0 Å². The number of rotatable bonds is 5. The Balaban J connectivity index is 3.10. The molecular formula is C6H13N3O. The van der Waals surface area contributed by atoms with Crippen LogP contribution in [0, 0.1) is 0 Å². The predicted octanol–water partition coefficient (Wildman–Crippen LogP) is 1.85. The van der Waals surface area contributed by atoms with Gasteiger partial charge in [-0.1, -0.05) is 12.0 Å². The molecule has 0 spiro atoms. The third kappa shape index (κ3) is 5.41. The number of nitrogens with zero attached hydrogens (tertiary/aromatic N) is 3. The second-order valence-corrected chi connectivity index (χ2v) is 2.16. The van der Waals surface area contributed by atoms with Crippen molar-refractivity contribution in [3.8, 4) is 0 Å². The molecule has 0 aliphatic heterocycles. The molecule has 0 fully saturated rings. The van der Waals surface area contributed by atoms with Crippen molar-refractivity contribution in [2.45, 2.75) is 32.3 Å². The monoisotopic (exact) mass is 143 g/mol. The highest BCUT2D eigenvalue weighted by atomic mass is 16.3. The van der Waals surface area contributed by atoms with Crippen LogP contribution in [0.2, 0.25) is 0 Å². The van der Waals surface area contributed by atoms with Crippen LogP contribution in [0.1, 0.15) is 26.2 Å². The van der Waals surface area contributed by atoms with Crippen molar-refractivity contribution in [2.75, 3.05) is 6.54 Å². The maximum atomic E-state index is 9.02. The van der Waals surface area contributed by atoms with Crippen LogP contribution in [0.3, 0.4) is 0 Å². The highest BCUT2D eigenvalue weighted by molar-refractivity contribution is 4.54. The molecule has 0 aliphatic carbocycles. The molecule has 0 aromatic carbocycles. The van der Waals surface area contributed by atoms with Gasteiger partial charge in [0.2, 0.25) is 0 Å². The second-order valence-electron chi connectivity index (χ2n) is 2.16. The quantitative estimate of drug-likeness (QED) is 0.271. The lowest BCUT2D eigenvalue weighted by Crippen LogP contribution is -2.03. The first-order valence-electron chi connectivity index (χ1n) is 3.50. The third-order valence-electron chi connectivity index (χ3n) is 1.33. The Morgan fingerprint density at radius 3 is 2.90 bits per heavy atom. The molecule has 1 atom stereocenters. The molecule has 0 bridgehead atoms. The first-order valence-corrected chi connectivity index (χ1v) is 3.50. The maximum absolute atomic E-state index is 9.02. The molecule has 0 saturated heterocycles. The van der Waals surface area contributed by atoms with Gasteiger partial charge in [0, 0.05) is 11.5 Å².